The molecule has 3 N–H and O–H groups in total. The molecule has 9 nitrogen and oxygen atoms in total. The molecule has 0 unspecified atom stereocenters. The molecule has 10 heteroatoms. The second-order valence-corrected chi connectivity index (χ2v) is 8.60. The SMILES string of the molecule is Nc1cnc(-c2ccc(F)cc2)n(CC(=O)N[C@@H](Cc2ccccc2)C(=O)c2nc3ccccc3o2)c1=O. The zero-order valence-corrected chi connectivity index (χ0v) is 20.0. The van der Waals surface area contributed by atoms with Crippen LogP contribution < -0.4 is 16.6 Å². The lowest BCUT2D eigenvalue weighted by atomic mass is 10.0. The van der Waals surface area contributed by atoms with Crippen LogP contribution in [-0.4, -0.2) is 32.3 Å². The number of hydrogen-bond acceptors (Lipinski definition) is 7. The number of halogens is 1. The molecule has 0 spiro atoms. The van der Waals surface area contributed by atoms with Crippen molar-refractivity contribution < 1.29 is 18.4 Å². The third-order valence-electron chi connectivity index (χ3n) is 5.92. The number of nitrogens with one attached hydrogen (secondary N) is 1. The summed E-state index contributed by atoms with van der Waals surface area (Å²) in [5, 5.41) is 2.71. The summed E-state index contributed by atoms with van der Waals surface area (Å²) < 4.78 is 20.2. The highest BCUT2D eigenvalue weighted by molar-refractivity contribution is 6.00. The lowest BCUT2D eigenvalue weighted by Crippen LogP contribution is -2.45. The molecule has 0 fully saturated rings. The summed E-state index contributed by atoms with van der Waals surface area (Å²) >= 11 is 0. The van der Waals surface area contributed by atoms with Crippen molar-refractivity contribution in [3.05, 3.63) is 113 Å². The number of para-hydroxylation sites is 2. The van der Waals surface area contributed by atoms with Gasteiger partial charge in [-0.3, -0.25) is 19.0 Å². The van der Waals surface area contributed by atoms with Crippen LogP contribution in [0.5, 0.6) is 0 Å². The molecule has 0 saturated carbocycles. The van der Waals surface area contributed by atoms with E-state index in [1.54, 1.807) is 24.3 Å². The van der Waals surface area contributed by atoms with Crippen LogP contribution in [0.25, 0.3) is 22.5 Å². The predicted molar refractivity (Wildman–Crippen MR) is 139 cm³/mol. The Morgan fingerprint density at radius 1 is 1.00 bits per heavy atom. The zero-order valence-electron chi connectivity index (χ0n) is 20.0. The van der Waals surface area contributed by atoms with E-state index in [4.69, 9.17) is 10.2 Å². The van der Waals surface area contributed by atoms with Crippen molar-refractivity contribution in [3.63, 3.8) is 0 Å². The minimum absolute atomic E-state index is 0.129. The van der Waals surface area contributed by atoms with E-state index in [1.165, 1.54) is 30.5 Å². The van der Waals surface area contributed by atoms with Gasteiger partial charge in [0.1, 0.15) is 35.4 Å². The number of nitrogen functional groups attached to an aromatic ring is 1. The molecular weight excluding hydrogens is 489 g/mol. The first kappa shape index (κ1) is 24.6. The topological polar surface area (TPSA) is 133 Å². The molecule has 1 atom stereocenters. The number of hydrogen-bond donors (Lipinski definition) is 2. The smallest absolute Gasteiger partial charge is 0.277 e. The highest BCUT2D eigenvalue weighted by atomic mass is 19.1. The third-order valence-corrected chi connectivity index (χ3v) is 5.92. The summed E-state index contributed by atoms with van der Waals surface area (Å²) in [6.45, 7) is -0.476. The van der Waals surface area contributed by atoms with Gasteiger partial charge >= 0.3 is 0 Å². The van der Waals surface area contributed by atoms with Crippen LogP contribution in [0.3, 0.4) is 0 Å². The maximum absolute atomic E-state index is 13.4. The third kappa shape index (κ3) is 5.19. The van der Waals surface area contributed by atoms with Gasteiger partial charge < -0.3 is 15.5 Å². The van der Waals surface area contributed by atoms with Gasteiger partial charge in [-0.2, -0.15) is 0 Å². The number of amides is 1. The van der Waals surface area contributed by atoms with E-state index in [2.05, 4.69) is 15.3 Å². The first-order valence-corrected chi connectivity index (χ1v) is 11.7. The quantitative estimate of drug-likeness (QED) is 0.305. The fraction of sp³-hybridized carbons (Fsp3) is 0.107. The van der Waals surface area contributed by atoms with Crippen LogP contribution in [0.4, 0.5) is 10.1 Å². The van der Waals surface area contributed by atoms with Crippen LogP contribution in [0.15, 0.2) is 94.3 Å². The van der Waals surface area contributed by atoms with E-state index < -0.39 is 35.7 Å². The molecule has 3 aromatic carbocycles. The number of fused-ring (bicyclic) bond motifs is 1. The van der Waals surface area contributed by atoms with E-state index in [-0.39, 0.29) is 23.8 Å². The van der Waals surface area contributed by atoms with Crippen LogP contribution in [0, 0.1) is 5.82 Å². The number of ketones is 1. The van der Waals surface area contributed by atoms with Gasteiger partial charge in [0.15, 0.2) is 5.58 Å². The molecule has 0 aliphatic rings. The zero-order chi connectivity index (χ0) is 26.6. The van der Waals surface area contributed by atoms with Crippen LogP contribution in [0.2, 0.25) is 0 Å². The lowest BCUT2D eigenvalue weighted by molar-refractivity contribution is -0.122. The van der Waals surface area contributed by atoms with E-state index in [9.17, 15) is 18.8 Å². The van der Waals surface area contributed by atoms with Crippen molar-refractivity contribution in [2.75, 3.05) is 5.73 Å². The van der Waals surface area contributed by atoms with E-state index in [0.29, 0.717) is 16.7 Å². The summed E-state index contributed by atoms with van der Waals surface area (Å²) in [5.41, 5.74) is 7.15. The molecule has 0 aliphatic heterocycles. The van der Waals surface area contributed by atoms with Gasteiger partial charge in [-0.15, -0.1) is 0 Å². The van der Waals surface area contributed by atoms with Gasteiger partial charge in [-0.1, -0.05) is 42.5 Å². The standard InChI is InChI=1S/C28H22FN5O4/c29-19-12-10-18(11-13-19)26-31-15-20(30)28(37)34(26)16-24(35)32-22(14-17-6-2-1-3-7-17)25(36)27-33-21-8-4-5-9-23(21)38-27/h1-13,15,22H,14,16,30H2,(H,32,35)/t22-/m0/s1. The summed E-state index contributed by atoms with van der Waals surface area (Å²) in [4.78, 5) is 48.0. The number of rotatable bonds is 8. The molecule has 2 aromatic heterocycles. The van der Waals surface area contributed by atoms with Crippen molar-refractivity contribution in [2.45, 2.75) is 19.0 Å². The number of anilines is 1. The minimum Gasteiger partial charge on any atom is -0.434 e. The Bertz CT molecular complexity index is 1650. The van der Waals surface area contributed by atoms with Crippen molar-refractivity contribution in [1.29, 1.82) is 0 Å². The predicted octanol–water partition coefficient (Wildman–Crippen LogP) is 3.38. The second-order valence-electron chi connectivity index (χ2n) is 8.60. The van der Waals surface area contributed by atoms with Crippen molar-refractivity contribution in [2.24, 2.45) is 0 Å². The normalized spacial score (nSPS) is 11.8. The number of carbonyl (C=O) groups excluding carboxylic acids is 2. The Hall–Kier alpha value is -5.12. The van der Waals surface area contributed by atoms with Gasteiger partial charge in [0, 0.05) is 12.0 Å². The monoisotopic (exact) mass is 511 g/mol. The van der Waals surface area contributed by atoms with Gasteiger partial charge in [-0.25, -0.2) is 14.4 Å². The summed E-state index contributed by atoms with van der Waals surface area (Å²) in [6, 6.07) is 20.4. The average Bonchev–Trinajstić information content (AvgIpc) is 3.36. The molecule has 1 amide bonds. The molecule has 0 aliphatic carbocycles. The Labute approximate surface area is 215 Å². The number of nitrogens with two attached hydrogens (primary N) is 1. The molecule has 0 radical (unpaired) electrons. The number of aromatic nitrogens is 3. The van der Waals surface area contributed by atoms with Gasteiger partial charge in [0.2, 0.25) is 11.7 Å². The Morgan fingerprint density at radius 3 is 2.45 bits per heavy atom. The maximum Gasteiger partial charge on any atom is 0.277 e. The molecule has 0 bridgehead atoms. The van der Waals surface area contributed by atoms with E-state index >= 15 is 0 Å². The molecule has 5 rings (SSSR count). The van der Waals surface area contributed by atoms with Crippen LogP contribution in [0.1, 0.15) is 16.2 Å². The summed E-state index contributed by atoms with van der Waals surface area (Å²) in [7, 11) is 0. The molecule has 38 heavy (non-hydrogen) atoms. The number of benzene rings is 3. The summed E-state index contributed by atoms with van der Waals surface area (Å²) in [6.07, 6.45) is 1.35. The molecule has 190 valence electrons. The highest BCUT2D eigenvalue weighted by Gasteiger charge is 2.27. The van der Waals surface area contributed by atoms with Crippen LogP contribution >= 0.6 is 0 Å². The minimum atomic E-state index is -1.03. The van der Waals surface area contributed by atoms with Crippen molar-refractivity contribution in [1.82, 2.24) is 19.9 Å². The average molecular weight is 512 g/mol. The Kier molecular flexibility index (Phi) is 6.77. The van der Waals surface area contributed by atoms with Crippen molar-refractivity contribution in [3.8, 4) is 11.4 Å². The Morgan fingerprint density at radius 2 is 1.71 bits per heavy atom. The number of carbonyl (C=O) groups is 2. The molecule has 5 aromatic rings. The first-order valence-electron chi connectivity index (χ1n) is 11.7. The fourth-order valence-corrected chi connectivity index (χ4v) is 4.05. The van der Waals surface area contributed by atoms with Gasteiger partial charge in [0.05, 0.1) is 6.20 Å². The molecule has 2 heterocycles. The lowest BCUT2D eigenvalue weighted by Gasteiger charge is -2.18. The number of oxazole rings is 1. The Balaban J connectivity index is 1.45. The van der Waals surface area contributed by atoms with Crippen molar-refractivity contribution >= 4 is 28.5 Å². The fourth-order valence-electron chi connectivity index (χ4n) is 4.05. The van der Waals surface area contributed by atoms with Gasteiger partial charge in [-0.05, 0) is 42.0 Å². The van der Waals surface area contributed by atoms with Crippen LogP contribution in [-0.2, 0) is 17.8 Å². The number of Topliss-reactive ketones (excluding diaryl/α,β-unsaturated/α-hetero) is 1. The summed E-state index contributed by atoms with van der Waals surface area (Å²) in [5.74, 6) is -1.62. The van der Waals surface area contributed by atoms with E-state index in [0.717, 1.165) is 10.1 Å². The van der Waals surface area contributed by atoms with Gasteiger partial charge in [0.25, 0.3) is 11.4 Å². The first-order chi connectivity index (χ1) is 18.4. The number of nitrogens with zero attached hydrogens (tertiary/aromatic N) is 3. The molecular formula is C28H22FN5O4. The maximum atomic E-state index is 13.4. The molecule has 0 saturated heterocycles. The highest BCUT2D eigenvalue weighted by Crippen LogP contribution is 2.19. The second kappa shape index (κ2) is 10.5. The largest absolute Gasteiger partial charge is 0.434 e. The van der Waals surface area contributed by atoms with E-state index in [1.807, 2.05) is 30.3 Å².